The second-order valence-electron chi connectivity index (χ2n) is 3.83. The van der Waals surface area contributed by atoms with Crippen LogP contribution in [0.4, 0.5) is 0 Å². The molecule has 1 atom stereocenters. The minimum Gasteiger partial charge on any atom is -0.486 e. The van der Waals surface area contributed by atoms with Crippen LogP contribution in [-0.2, 0) is 0 Å². The molecule has 0 radical (unpaired) electrons. The number of benzene rings is 1. The Morgan fingerprint density at radius 2 is 2.12 bits per heavy atom. The van der Waals surface area contributed by atoms with Gasteiger partial charge in [0, 0.05) is 11.1 Å². The van der Waals surface area contributed by atoms with Crippen molar-refractivity contribution in [1.29, 1.82) is 0 Å². The van der Waals surface area contributed by atoms with Crippen molar-refractivity contribution in [3.05, 3.63) is 28.2 Å². The van der Waals surface area contributed by atoms with Crippen molar-refractivity contribution in [2.75, 3.05) is 13.2 Å². The molecule has 0 saturated heterocycles. The number of halogens is 2. The quantitative estimate of drug-likeness (QED) is 0.784. The molecule has 0 unspecified atom stereocenters. The third kappa shape index (κ3) is 4.60. The zero-order chi connectivity index (χ0) is 12.0. The summed E-state index contributed by atoms with van der Waals surface area (Å²) in [5, 5.41) is 3.51. The highest BCUT2D eigenvalue weighted by Crippen LogP contribution is 2.27. The summed E-state index contributed by atoms with van der Waals surface area (Å²) in [4.78, 5) is 0. The van der Waals surface area contributed by atoms with Gasteiger partial charge in [0.25, 0.3) is 0 Å². The normalized spacial score (nSPS) is 12.5. The summed E-state index contributed by atoms with van der Waals surface area (Å²) in [5.41, 5.74) is 0. The van der Waals surface area contributed by atoms with Crippen molar-refractivity contribution < 1.29 is 10.1 Å². The van der Waals surface area contributed by atoms with Crippen molar-refractivity contribution in [3.8, 4) is 5.75 Å². The molecule has 2 nitrogen and oxygen atoms in total. The first-order valence-electron chi connectivity index (χ1n) is 5.54. The number of quaternary nitrogens is 1. The van der Waals surface area contributed by atoms with Crippen molar-refractivity contribution in [2.45, 2.75) is 26.3 Å². The molecule has 0 saturated carbocycles. The number of nitrogens with two attached hydrogens (primary N) is 1. The van der Waals surface area contributed by atoms with Gasteiger partial charge >= 0.3 is 0 Å². The monoisotopic (exact) mass is 262 g/mol. The standard InChI is InChI=1S/C12H17Cl2NO/c1-3-9(2)15-6-7-16-12-8-10(13)4-5-11(12)14/h4-5,8-9,15H,3,6-7H2,1-2H3/p+1/t9-/m0/s1. The van der Waals surface area contributed by atoms with Crippen molar-refractivity contribution in [1.82, 2.24) is 0 Å². The maximum Gasteiger partial charge on any atom is 0.139 e. The van der Waals surface area contributed by atoms with Gasteiger partial charge in [-0.25, -0.2) is 0 Å². The second-order valence-corrected chi connectivity index (χ2v) is 4.68. The van der Waals surface area contributed by atoms with Crippen molar-refractivity contribution >= 4 is 23.2 Å². The molecule has 0 aliphatic carbocycles. The summed E-state index contributed by atoms with van der Waals surface area (Å²) in [6, 6.07) is 5.88. The fourth-order valence-corrected chi connectivity index (χ4v) is 1.61. The Labute approximate surface area is 107 Å². The zero-order valence-corrected chi connectivity index (χ0v) is 11.2. The van der Waals surface area contributed by atoms with Crippen LogP contribution in [0.25, 0.3) is 0 Å². The first kappa shape index (κ1) is 13.6. The van der Waals surface area contributed by atoms with Crippen LogP contribution in [0.15, 0.2) is 18.2 Å². The number of rotatable bonds is 6. The smallest absolute Gasteiger partial charge is 0.139 e. The van der Waals surface area contributed by atoms with Gasteiger partial charge in [0.05, 0.1) is 11.1 Å². The van der Waals surface area contributed by atoms with E-state index in [2.05, 4.69) is 19.2 Å². The van der Waals surface area contributed by atoms with Crippen molar-refractivity contribution in [3.63, 3.8) is 0 Å². The average molecular weight is 263 g/mol. The van der Waals surface area contributed by atoms with Gasteiger partial charge in [0.2, 0.25) is 0 Å². The van der Waals surface area contributed by atoms with Crippen LogP contribution in [-0.4, -0.2) is 19.2 Å². The summed E-state index contributed by atoms with van der Waals surface area (Å²) < 4.78 is 5.56. The van der Waals surface area contributed by atoms with Gasteiger partial charge in [-0.1, -0.05) is 30.1 Å². The van der Waals surface area contributed by atoms with E-state index in [1.165, 1.54) is 0 Å². The number of ether oxygens (including phenoxy) is 1. The Balaban J connectivity index is 2.34. The Morgan fingerprint density at radius 1 is 1.38 bits per heavy atom. The van der Waals surface area contributed by atoms with E-state index >= 15 is 0 Å². The Kier molecular flexibility index (Phi) is 5.96. The van der Waals surface area contributed by atoms with E-state index in [0.717, 1.165) is 13.0 Å². The maximum atomic E-state index is 5.97. The van der Waals surface area contributed by atoms with E-state index in [0.29, 0.717) is 28.4 Å². The van der Waals surface area contributed by atoms with Crippen LogP contribution in [0.2, 0.25) is 10.0 Å². The van der Waals surface area contributed by atoms with Gasteiger partial charge in [0.15, 0.2) is 0 Å². The highest BCUT2D eigenvalue weighted by molar-refractivity contribution is 6.34. The second kappa shape index (κ2) is 7.00. The molecule has 0 aliphatic heterocycles. The molecule has 0 fully saturated rings. The first-order chi connectivity index (χ1) is 7.63. The molecule has 0 heterocycles. The summed E-state index contributed by atoms with van der Waals surface area (Å²) in [7, 11) is 0. The molecule has 0 aliphatic rings. The van der Waals surface area contributed by atoms with E-state index < -0.39 is 0 Å². The van der Waals surface area contributed by atoms with E-state index in [9.17, 15) is 0 Å². The lowest BCUT2D eigenvalue weighted by molar-refractivity contribution is -0.686. The summed E-state index contributed by atoms with van der Waals surface area (Å²) >= 11 is 11.8. The summed E-state index contributed by atoms with van der Waals surface area (Å²) in [6.45, 7) is 5.95. The average Bonchev–Trinajstić information content (AvgIpc) is 2.28. The molecule has 1 aromatic carbocycles. The summed E-state index contributed by atoms with van der Waals surface area (Å²) in [6.07, 6.45) is 1.16. The SMILES string of the molecule is CC[C@H](C)[NH2+]CCOc1cc(Cl)ccc1Cl. The lowest BCUT2D eigenvalue weighted by Crippen LogP contribution is -2.90. The fourth-order valence-electron chi connectivity index (χ4n) is 1.28. The largest absolute Gasteiger partial charge is 0.486 e. The molecule has 90 valence electrons. The first-order valence-corrected chi connectivity index (χ1v) is 6.30. The topological polar surface area (TPSA) is 25.8 Å². The minimum atomic E-state index is 0.605. The van der Waals surface area contributed by atoms with Crippen LogP contribution in [0.1, 0.15) is 20.3 Å². The van der Waals surface area contributed by atoms with Gasteiger partial charge in [-0.2, -0.15) is 0 Å². The van der Waals surface area contributed by atoms with Crippen LogP contribution >= 0.6 is 23.2 Å². The van der Waals surface area contributed by atoms with Crippen LogP contribution in [0.3, 0.4) is 0 Å². The predicted octanol–water partition coefficient (Wildman–Crippen LogP) is 2.73. The molecule has 0 spiro atoms. The molecule has 4 heteroatoms. The minimum absolute atomic E-state index is 0.605. The Morgan fingerprint density at radius 3 is 2.81 bits per heavy atom. The van der Waals surface area contributed by atoms with Crippen molar-refractivity contribution in [2.24, 2.45) is 0 Å². The molecular weight excluding hydrogens is 245 g/mol. The third-order valence-corrected chi connectivity index (χ3v) is 3.03. The van der Waals surface area contributed by atoms with E-state index in [4.69, 9.17) is 27.9 Å². The molecule has 0 bridgehead atoms. The van der Waals surface area contributed by atoms with Gasteiger partial charge in [-0.3, -0.25) is 0 Å². The van der Waals surface area contributed by atoms with Gasteiger partial charge in [0.1, 0.15) is 18.9 Å². The molecule has 1 aromatic rings. The molecule has 0 amide bonds. The molecule has 0 aromatic heterocycles. The van der Waals surface area contributed by atoms with Gasteiger partial charge < -0.3 is 10.1 Å². The molecule has 1 rings (SSSR count). The van der Waals surface area contributed by atoms with Crippen LogP contribution < -0.4 is 10.1 Å². The fraction of sp³-hybridized carbons (Fsp3) is 0.500. The van der Waals surface area contributed by atoms with Gasteiger partial charge in [-0.05, 0) is 25.5 Å². The predicted molar refractivity (Wildman–Crippen MR) is 68.5 cm³/mol. The van der Waals surface area contributed by atoms with Crippen LogP contribution in [0, 0.1) is 0 Å². The molecular formula is C12H18Cl2NO+. The highest BCUT2D eigenvalue weighted by Gasteiger charge is 2.04. The molecule has 2 N–H and O–H groups in total. The van der Waals surface area contributed by atoms with E-state index in [-0.39, 0.29) is 0 Å². The highest BCUT2D eigenvalue weighted by atomic mass is 35.5. The lowest BCUT2D eigenvalue weighted by atomic mass is 10.3. The maximum absolute atomic E-state index is 5.97. The Bertz CT molecular complexity index is 331. The number of hydrogen-bond donors (Lipinski definition) is 1. The van der Waals surface area contributed by atoms with E-state index in [1.807, 2.05) is 0 Å². The molecule has 16 heavy (non-hydrogen) atoms. The summed E-state index contributed by atoms with van der Waals surface area (Å²) in [5.74, 6) is 0.659. The Hall–Kier alpha value is -0.440. The third-order valence-electron chi connectivity index (χ3n) is 2.48. The van der Waals surface area contributed by atoms with Gasteiger partial charge in [-0.15, -0.1) is 0 Å². The van der Waals surface area contributed by atoms with Crippen LogP contribution in [0.5, 0.6) is 5.75 Å². The zero-order valence-electron chi connectivity index (χ0n) is 9.67. The lowest BCUT2D eigenvalue weighted by Gasteiger charge is -2.10. The number of hydrogen-bond acceptors (Lipinski definition) is 1. The van der Waals surface area contributed by atoms with E-state index in [1.54, 1.807) is 18.2 Å².